The van der Waals surface area contributed by atoms with E-state index in [-0.39, 0.29) is 11.8 Å². The van der Waals surface area contributed by atoms with Gasteiger partial charge in [-0.25, -0.2) is 0 Å². The first-order chi connectivity index (χ1) is 15.2. The van der Waals surface area contributed by atoms with Gasteiger partial charge in [0.05, 0.1) is 11.6 Å². The summed E-state index contributed by atoms with van der Waals surface area (Å²) in [5.41, 5.74) is 9.58. The number of primary amides is 1. The number of benzene rings is 1. The Hall–Kier alpha value is -3.32. The second kappa shape index (κ2) is 10.1. The molecule has 31 heavy (non-hydrogen) atoms. The molecule has 160 valence electrons. The lowest BCUT2D eigenvalue weighted by molar-refractivity contribution is -0.121. The van der Waals surface area contributed by atoms with Crippen LogP contribution in [-0.2, 0) is 30.8 Å². The number of carbonyl (C=O) groups excluding carboxylic acids is 1. The van der Waals surface area contributed by atoms with Gasteiger partial charge in [0, 0.05) is 31.0 Å². The van der Waals surface area contributed by atoms with Crippen molar-refractivity contribution in [1.82, 2.24) is 20.1 Å². The zero-order valence-electron chi connectivity index (χ0n) is 17.5. The number of aromatic nitrogens is 3. The van der Waals surface area contributed by atoms with E-state index in [1.165, 1.54) is 0 Å². The molecule has 1 amide bonds. The molecular formula is C24H27N5O2. The third-order valence-corrected chi connectivity index (χ3v) is 5.53. The summed E-state index contributed by atoms with van der Waals surface area (Å²) < 4.78 is 5.68. The number of rotatable bonds is 9. The lowest BCUT2D eigenvalue weighted by atomic mass is 10.1. The molecule has 2 aromatic heterocycles. The Bertz CT molecular complexity index is 977. The van der Waals surface area contributed by atoms with E-state index in [1.54, 1.807) is 0 Å². The average molecular weight is 418 g/mol. The highest BCUT2D eigenvalue weighted by Crippen LogP contribution is 2.18. The molecule has 7 nitrogen and oxygen atoms in total. The van der Waals surface area contributed by atoms with Crippen molar-refractivity contribution in [2.45, 2.75) is 32.4 Å². The van der Waals surface area contributed by atoms with Gasteiger partial charge >= 0.3 is 0 Å². The fourth-order valence-electron chi connectivity index (χ4n) is 3.71. The molecule has 2 N–H and O–H groups in total. The van der Waals surface area contributed by atoms with Gasteiger partial charge < -0.3 is 10.5 Å². The molecule has 1 fully saturated rings. The van der Waals surface area contributed by atoms with Crippen LogP contribution < -0.4 is 10.5 Å². The number of nitrogens with two attached hydrogens (primary N) is 1. The molecule has 0 spiro atoms. The van der Waals surface area contributed by atoms with Crippen molar-refractivity contribution in [2.24, 2.45) is 11.7 Å². The van der Waals surface area contributed by atoms with Crippen molar-refractivity contribution < 1.29 is 9.53 Å². The number of aryl methyl sites for hydroxylation is 2. The Morgan fingerprint density at radius 3 is 2.48 bits per heavy atom. The summed E-state index contributed by atoms with van der Waals surface area (Å²) in [4.78, 5) is 18.1. The maximum Gasteiger partial charge on any atom is 0.233 e. The number of hydrogen-bond acceptors (Lipinski definition) is 6. The van der Waals surface area contributed by atoms with Gasteiger partial charge in [-0.3, -0.25) is 14.7 Å². The molecule has 7 heteroatoms. The molecule has 0 saturated carbocycles. The summed E-state index contributed by atoms with van der Waals surface area (Å²) in [6, 6.07) is 18.0. The molecule has 0 unspecified atom stereocenters. The van der Waals surface area contributed by atoms with E-state index in [1.807, 2.05) is 48.7 Å². The topological polar surface area (TPSA) is 94.2 Å². The highest BCUT2D eigenvalue weighted by atomic mass is 16.5. The Morgan fingerprint density at radius 1 is 1.00 bits per heavy atom. The number of amides is 1. The van der Waals surface area contributed by atoms with Crippen LogP contribution in [0.5, 0.6) is 5.88 Å². The molecule has 0 aliphatic carbocycles. The molecule has 4 rings (SSSR count). The molecule has 1 atom stereocenters. The van der Waals surface area contributed by atoms with Gasteiger partial charge in [0.2, 0.25) is 11.8 Å². The van der Waals surface area contributed by atoms with E-state index in [2.05, 4.69) is 32.2 Å². The Morgan fingerprint density at radius 2 is 1.81 bits per heavy atom. The summed E-state index contributed by atoms with van der Waals surface area (Å²) >= 11 is 0. The van der Waals surface area contributed by atoms with Crippen molar-refractivity contribution in [1.29, 1.82) is 0 Å². The molecule has 0 radical (unpaired) electrons. The van der Waals surface area contributed by atoms with Gasteiger partial charge in [0.1, 0.15) is 6.61 Å². The van der Waals surface area contributed by atoms with Crippen LogP contribution in [0.2, 0.25) is 0 Å². The van der Waals surface area contributed by atoms with E-state index in [4.69, 9.17) is 10.5 Å². The predicted octanol–water partition coefficient (Wildman–Crippen LogP) is 2.54. The first-order valence-corrected chi connectivity index (χ1v) is 10.6. The fraction of sp³-hybridized carbons (Fsp3) is 0.333. The maximum atomic E-state index is 11.3. The van der Waals surface area contributed by atoms with Crippen LogP contribution in [0.15, 0.2) is 60.8 Å². The Labute approximate surface area is 182 Å². The van der Waals surface area contributed by atoms with Gasteiger partial charge in [0.25, 0.3) is 0 Å². The van der Waals surface area contributed by atoms with Crippen LogP contribution in [0, 0.1) is 5.92 Å². The minimum Gasteiger partial charge on any atom is -0.472 e. The van der Waals surface area contributed by atoms with Gasteiger partial charge in [0.15, 0.2) is 0 Å². The van der Waals surface area contributed by atoms with Gasteiger partial charge in [-0.1, -0.05) is 36.4 Å². The van der Waals surface area contributed by atoms with Crippen LogP contribution in [0.25, 0.3) is 0 Å². The maximum absolute atomic E-state index is 11.3. The highest BCUT2D eigenvalue weighted by Gasteiger charge is 2.26. The molecule has 3 heterocycles. The number of likely N-dealkylation sites (tertiary alicyclic amines) is 1. The van der Waals surface area contributed by atoms with Crippen LogP contribution in [0.3, 0.4) is 0 Å². The lowest BCUT2D eigenvalue weighted by Gasteiger charge is -2.15. The van der Waals surface area contributed by atoms with Gasteiger partial charge in [-0.2, -0.15) is 5.10 Å². The summed E-state index contributed by atoms with van der Waals surface area (Å²) in [6.45, 7) is 2.92. The summed E-state index contributed by atoms with van der Waals surface area (Å²) in [7, 11) is 0. The molecule has 1 aliphatic rings. The SMILES string of the molecule is NC(=O)[C@@H]1CCN(Cc2ccc(CCc3ccc(OCc4ccccc4)nn3)nc2)C1. The summed E-state index contributed by atoms with van der Waals surface area (Å²) in [6.07, 6.45) is 4.33. The second-order valence-electron chi connectivity index (χ2n) is 7.92. The Kier molecular flexibility index (Phi) is 6.84. The minimum absolute atomic E-state index is 0.0246. The first kappa shape index (κ1) is 20.9. The first-order valence-electron chi connectivity index (χ1n) is 10.6. The van der Waals surface area contributed by atoms with E-state index in [0.29, 0.717) is 12.5 Å². The van der Waals surface area contributed by atoms with Gasteiger partial charge in [-0.05, 0) is 49.1 Å². The predicted molar refractivity (Wildman–Crippen MR) is 117 cm³/mol. The summed E-state index contributed by atoms with van der Waals surface area (Å²) in [5, 5.41) is 8.43. The molecule has 1 aromatic carbocycles. The van der Waals surface area contributed by atoms with Gasteiger partial charge in [-0.15, -0.1) is 5.10 Å². The zero-order valence-corrected chi connectivity index (χ0v) is 17.5. The van der Waals surface area contributed by atoms with E-state index >= 15 is 0 Å². The monoisotopic (exact) mass is 417 g/mol. The minimum atomic E-state index is -0.199. The van der Waals surface area contributed by atoms with E-state index in [9.17, 15) is 4.79 Å². The number of ether oxygens (including phenoxy) is 1. The van der Waals surface area contributed by atoms with Crippen molar-refractivity contribution >= 4 is 5.91 Å². The molecule has 1 saturated heterocycles. The number of nitrogens with zero attached hydrogens (tertiary/aromatic N) is 4. The van der Waals surface area contributed by atoms with Crippen LogP contribution in [-0.4, -0.2) is 39.1 Å². The average Bonchev–Trinajstić information content (AvgIpc) is 3.28. The van der Waals surface area contributed by atoms with Crippen molar-refractivity contribution in [3.05, 3.63) is 83.3 Å². The van der Waals surface area contributed by atoms with E-state index in [0.717, 1.165) is 61.4 Å². The van der Waals surface area contributed by atoms with Crippen molar-refractivity contribution in [3.8, 4) is 5.88 Å². The smallest absolute Gasteiger partial charge is 0.233 e. The normalized spacial score (nSPS) is 16.3. The standard InChI is InChI=1S/C24H27N5O2/c25-24(30)20-12-13-29(16-20)15-19-6-7-21(26-14-19)8-9-22-10-11-23(28-27-22)31-17-18-4-2-1-3-5-18/h1-7,10-11,14,20H,8-9,12-13,15-17H2,(H2,25,30)/t20-/m1/s1. The second-order valence-corrected chi connectivity index (χ2v) is 7.92. The highest BCUT2D eigenvalue weighted by molar-refractivity contribution is 5.77. The summed E-state index contributed by atoms with van der Waals surface area (Å²) in [5.74, 6) is 0.300. The largest absolute Gasteiger partial charge is 0.472 e. The number of pyridine rings is 1. The number of hydrogen-bond donors (Lipinski definition) is 1. The zero-order chi connectivity index (χ0) is 21.5. The molecule has 1 aliphatic heterocycles. The van der Waals surface area contributed by atoms with Crippen molar-refractivity contribution in [2.75, 3.05) is 13.1 Å². The van der Waals surface area contributed by atoms with Crippen LogP contribution >= 0.6 is 0 Å². The molecule has 0 bridgehead atoms. The lowest BCUT2D eigenvalue weighted by Crippen LogP contribution is -2.27. The third-order valence-electron chi connectivity index (χ3n) is 5.53. The molecule has 3 aromatic rings. The quantitative estimate of drug-likeness (QED) is 0.575. The van der Waals surface area contributed by atoms with Crippen LogP contribution in [0.1, 0.15) is 28.9 Å². The fourth-order valence-corrected chi connectivity index (χ4v) is 3.71. The third kappa shape index (κ3) is 6.08. The number of carbonyl (C=O) groups is 1. The van der Waals surface area contributed by atoms with E-state index < -0.39 is 0 Å². The van der Waals surface area contributed by atoms with Crippen molar-refractivity contribution in [3.63, 3.8) is 0 Å². The Balaban J connectivity index is 1.22. The molecular weight excluding hydrogens is 390 g/mol. The van der Waals surface area contributed by atoms with Crippen LogP contribution in [0.4, 0.5) is 0 Å².